The molecule has 1 atom stereocenters. The summed E-state index contributed by atoms with van der Waals surface area (Å²) in [7, 11) is -2.02. The lowest BCUT2D eigenvalue weighted by Gasteiger charge is -2.39. The summed E-state index contributed by atoms with van der Waals surface area (Å²) in [6, 6.07) is 14.7. The number of nitro groups is 1. The highest BCUT2D eigenvalue weighted by molar-refractivity contribution is 9.09. The van der Waals surface area contributed by atoms with Crippen LogP contribution in [0.25, 0.3) is 0 Å². The summed E-state index contributed by atoms with van der Waals surface area (Å²) in [4.78, 5) is 11.2. The van der Waals surface area contributed by atoms with Crippen molar-refractivity contribution in [1.82, 2.24) is 0 Å². The number of nitro benzene ring substituents is 1. The number of alkyl halides is 1. The smallest absolute Gasteiger partial charge is 0.311 e. The first-order valence-electron chi connectivity index (χ1n) is 9.24. The minimum Gasteiger partial charge on any atom is -0.482 e. The van der Waals surface area contributed by atoms with Gasteiger partial charge in [0.2, 0.25) is 0 Å². The van der Waals surface area contributed by atoms with Crippen LogP contribution in [-0.2, 0) is 11.0 Å². The van der Waals surface area contributed by atoms with E-state index in [0.717, 1.165) is 11.1 Å². The average molecular weight is 466 g/mol. The topological polar surface area (TPSA) is 61.6 Å². The lowest BCUT2D eigenvalue weighted by molar-refractivity contribution is -0.386. The summed E-state index contributed by atoms with van der Waals surface area (Å²) in [5, 5.41) is 12.2. The third-order valence-corrected chi connectivity index (χ3v) is 10.2. The van der Waals surface area contributed by atoms with Crippen LogP contribution in [0.5, 0.6) is 5.75 Å². The molecule has 0 spiro atoms. The summed E-state index contributed by atoms with van der Waals surface area (Å²) >= 11 is 3.51. The molecule has 0 aliphatic heterocycles. The molecule has 5 nitrogen and oxygen atoms in total. The number of nitrogens with zero attached hydrogens (tertiary/aromatic N) is 1. The molecule has 0 bridgehead atoms. The number of benzene rings is 2. The molecule has 0 amide bonds. The molecule has 2 aromatic rings. The van der Waals surface area contributed by atoms with Crippen molar-refractivity contribution in [3.63, 3.8) is 0 Å². The van der Waals surface area contributed by atoms with Crippen molar-refractivity contribution in [2.24, 2.45) is 0 Å². The number of rotatable bonds is 8. The van der Waals surface area contributed by atoms with Crippen molar-refractivity contribution in [2.45, 2.75) is 51.6 Å². The lowest BCUT2D eigenvalue weighted by Crippen LogP contribution is -2.42. The van der Waals surface area contributed by atoms with Gasteiger partial charge in [0.1, 0.15) is 6.61 Å². The van der Waals surface area contributed by atoms with Crippen LogP contribution in [0.4, 0.5) is 5.69 Å². The number of ether oxygens (including phenoxy) is 1. The van der Waals surface area contributed by atoms with E-state index in [1.54, 1.807) is 12.1 Å². The normalized spacial score (nSPS) is 13.2. The first kappa shape index (κ1) is 22.6. The van der Waals surface area contributed by atoms with E-state index < -0.39 is 13.2 Å². The van der Waals surface area contributed by atoms with E-state index in [-0.39, 0.29) is 29.2 Å². The molecule has 152 valence electrons. The molecule has 2 aromatic carbocycles. The molecule has 0 radical (unpaired) electrons. The van der Waals surface area contributed by atoms with Gasteiger partial charge in [-0.1, -0.05) is 73.1 Å². The maximum Gasteiger partial charge on any atom is 0.311 e. The third-order valence-electron chi connectivity index (χ3n) is 5.17. The number of hydrogen-bond donors (Lipinski definition) is 0. The first-order valence-corrected chi connectivity index (χ1v) is 13.3. The molecule has 0 heterocycles. The Morgan fingerprint density at radius 1 is 1.14 bits per heavy atom. The molecular formula is C21H28BrNO4Si. The van der Waals surface area contributed by atoms with Gasteiger partial charge in [-0.25, -0.2) is 0 Å². The maximum atomic E-state index is 11.6. The minimum absolute atomic E-state index is 0.0433. The highest BCUT2D eigenvalue weighted by Gasteiger charge is 2.39. The molecule has 7 heteroatoms. The van der Waals surface area contributed by atoms with E-state index in [2.05, 4.69) is 49.8 Å². The molecular weight excluding hydrogens is 438 g/mol. The molecule has 0 N–H and O–H groups in total. The minimum atomic E-state index is -2.02. The van der Waals surface area contributed by atoms with Crippen LogP contribution in [0.2, 0.25) is 18.1 Å². The molecule has 0 fully saturated rings. The Morgan fingerprint density at radius 2 is 1.79 bits per heavy atom. The zero-order valence-electron chi connectivity index (χ0n) is 17.1. The van der Waals surface area contributed by atoms with E-state index in [4.69, 9.17) is 9.16 Å². The van der Waals surface area contributed by atoms with Crippen LogP contribution >= 0.6 is 15.9 Å². The fourth-order valence-corrected chi connectivity index (χ4v) is 4.49. The van der Waals surface area contributed by atoms with E-state index in [9.17, 15) is 10.1 Å². The van der Waals surface area contributed by atoms with Crippen LogP contribution in [-0.4, -0.2) is 18.6 Å². The fourth-order valence-electron chi connectivity index (χ4n) is 2.46. The van der Waals surface area contributed by atoms with Gasteiger partial charge in [0, 0.05) is 11.4 Å². The quantitative estimate of drug-likeness (QED) is 0.190. The van der Waals surface area contributed by atoms with Crippen LogP contribution in [0, 0.1) is 10.1 Å². The van der Waals surface area contributed by atoms with Crippen molar-refractivity contribution >= 4 is 29.9 Å². The van der Waals surface area contributed by atoms with Gasteiger partial charge < -0.3 is 9.16 Å². The van der Waals surface area contributed by atoms with Crippen LogP contribution in [0.1, 0.15) is 38.0 Å². The average Bonchev–Trinajstić information content (AvgIpc) is 2.64. The first-order chi connectivity index (χ1) is 13.0. The van der Waals surface area contributed by atoms with Gasteiger partial charge in [-0.2, -0.15) is 0 Å². The summed E-state index contributed by atoms with van der Waals surface area (Å²) in [5.41, 5.74) is 1.69. The molecule has 28 heavy (non-hydrogen) atoms. The van der Waals surface area contributed by atoms with E-state index in [1.807, 2.05) is 36.4 Å². The predicted octanol–water partition coefficient (Wildman–Crippen LogP) is 6.63. The molecule has 0 saturated heterocycles. The number of hydrogen-bond acceptors (Lipinski definition) is 4. The Morgan fingerprint density at radius 3 is 2.32 bits per heavy atom. The lowest BCUT2D eigenvalue weighted by atomic mass is 10.1. The molecule has 0 saturated carbocycles. The van der Waals surface area contributed by atoms with Crippen molar-refractivity contribution in [1.29, 1.82) is 0 Å². The standard InChI is InChI=1S/C21H28BrNO4Si/c1-21(2,3)28(4,5)27-20(14-22)17-11-12-19(18(13-17)23(24)25)26-15-16-9-7-6-8-10-16/h6-13,20H,14-15H2,1-5H3/t20-/m0/s1. The van der Waals surface area contributed by atoms with E-state index >= 15 is 0 Å². The van der Waals surface area contributed by atoms with Crippen molar-refractivity contribution in [3.8, 4) is 5.75 Å². The predicted molar refractivity (Wildman–Crippen MR) is 119 cm³/mol. The maximum absolute atomic E-state index is 11.6. The zero-order valence-corrected chi connectivity index (χ0v) is 19.7. The van der Waals surface area contributed by atoms with Crippen molar-refractivity contribution < 1.29 is 14.1 Å². The van der Waals surface area contributed by atoms with E-state index in [1.165, 1.54) is 0 Å². The summed E-state index contributed by atoms with van der Waals surface area (Å²) in [6.45, 7) is 11.2. The summed E-state index contributed by atoms with van der Waals surface area (Å²) in [5.74, 6) is 0.262. The van der Waals surface area contributed by atoms with Gasteiger partial charge in [-0.05, 0) is 35.3 Å². The fraction of sp³-hybridized carbons (Fsp3) is 0.429. The van der Waals surface area contributed by atoms with Crippen molar-refractivity contribution in [2.75, 3.05) is 5.33 Å². The van der Waals surface area contributed by atoms with Gasteiger partial charge in [0.15, 0.2) is 14.1 Å². The van der Waals surface area contributed by atoms with Gasteiger partial charge in [0.05, 0.1) is 11.0 Å². The zero-order chi connectivity index (χ0) is 20.9. The molecule has 0 aliphatic carbocycles. The van der Waals surface area contributed by atoms with Crippen LogP contribution < -0.4 is 4.74 Å². The second-order valence-electron chi connectivity index (χ2n) is 8.28. The Bertz CT molecular complexity index is 806. The SMILES string of the molecule is CC(C)(C)[Si](C)(C)O[C@@H](CBr)c1ccc(OCc2ccccc2)c([N+](=O)[O-])c1. The molecule has 0 aromatic heterocycles. The highest BCUT2D eigenvalue weighted by atomic mass is 79.9. The van der Waals surface area contributed by atoms with Gasteiger partial charge >= 0.3 is 5.69 Å². The Balaban J connectivity index is 2.26. The Hall–Kier alpha value is -1.70. The Kier molecular flexibility index (Phi) is 7.42. The molecule has 2 rings (SSSR count). The Labute approximate surface area is 176 Å². The van der Waals surface area contributed by atoms with Gasteiger partial charge in [-0.3, -0.25) is 10.1 Å². The van der Waals surface area contributed by atoms with Crippen LogP contribution in [0.15, 0.2) is 48.5 Å². The van der Waals surface area contributed by atoms with Gasteiger partial charge in [0.25, 0.3) is 0 Å². The summed E-state index contributed by atoms with van der Waals surface area (Å²) < 4.78 is 12.2. The molecule has 0 unspecified atom stereocenters. The number of halogens is 1. The second kappa shape index (κ2) is 9.20. The van der Waals surface area contributed by atoms with E-state index in [0.29, 0.717) is 5.33 Å². The van der Waals surface area contributed by atoms with Crippen LogP contribution in [0.3, 0.4) is 0 Å². The van der Waals surface area contributed by atoms with Gasteiger partial charge in [-0.15, -0.1) is 0 Å². The highest BCUT2D eigenvalue weighted by Crippen LogP contribution is 2.41. The third kappa shape index (κ3) is 5.65. The second-order valence-corrected chi connectivity index (χ2v) is 13.7. The monoisotopic (exact) mass is 465 g/mol. The largest absolute Gasteiger partial charge is 0.482 e. The van der Waals surface area contributed by atoms with Crippen molar-refractivity contribution in [3.05, 3.63) is 69.8 Å². The summed E-state index contributed by atoms with van der Waals surface area (Å²) in [6.07, 6.45) is -0.247. The molecule has 0 aliphatic rings.